The highest BCUT2D eigenvalue weighted by atomic mass is 35.5. The molecule has 0 fully saturated rings. The number of amides is 1. The number of carbonyl (C=O) groups is 1. The zero-order valence-corrected chi connectivity index (χ0v) is 18.4. The van der Waals surface area contributed by atoms with Crippen LogP contribution in [-0.2, 0) is 12.7 Å². The van der Waals surface area contributed by atoms with Crippen LogP contribution in [0.2, 0.25) is 10.0 Å². The first-order valence-corrected chi connectivity index (χ1v) is 10.5. The monoisotopic (exact) mass is 489 g/mol. The van der Waals surface area contributed by atoms with E-state index in [4.69, 9.17) is 23.2 Å². The largest absolute Gasteiger partial charge is 0.417 e. The second kappa shape index (κ2) is 9.29. The fourth-order valence-corrected chi connectivity index (χ4v) is 3.81. The summed E-state index contributed by atoms with van der Waals surface area (Å²) in [6.45, 7) is 0.141. The number of halogens is 5. The Morgan fingerprint density at radius 3 is 2.55 bits per heavy atom. The van der Waals surface area contributed by atoms with Gasteiger partial charge in [0.2, 0.25) is 0 Å². The molecule has 0 bridgehead atoms. The van der Waals surface area contributed by atoms with Crippen molar-refractivity contribution >= 4 is 29.1 Å². The van der Waals surface area contributed by atoms with Crippen molar-refractivity contribution in [3.8, 4) is 16.8 Å². The minimum atomic E-state index is -4.49. The van der Waals surface area contributed by atoms with Crippen molar-refractivity contribution in [2.45, 2.75) is 12.7 Å². The highest BCUT2D eigenvalue weighted by Crippen LogP contribution is 2.37. The van der Waals surface area contributed by atoms with Crippen LogP contribution in [0, 0.1) is 0 Å². The number of nitrogens with zero attached hydrogens (tertiary/aromatic N) is 2. The molecule has 1 heterocycles. The topological polar surface area (TPSA) is 46.9 Å². The third kappa shape index (κ3) is 4.89. The van der Waals surface area contributed by atoms with Crippen LogP contribution in [0.4, 0.5) is 13.2 Å². The summed E-state index contributed by atoms with van der Waals surface area (Å²) in [5.74, 6) is -0.426. The number of hydrogen-bond donors (Lipinski definition) is 1. The van der Waals surface area contributed by atoms with Gasteiger partial charge in [0.25, 0.3) is 5.91 Å². The Hall–Kier alpha value is -3.29. The van der Waals surface area contributed by atoms with Gasteiger partial charge in [0.1, 0.15) is 5.69 Å². The van der Waals surface area contributed by atoms with Gasteiger partial charge in [-0.25, -0.2) is 4.98 Å². The number of aromatic nitrogens is 2. The van der Waals surface area contributed by atoms with Gasteiger partial charge in [-0.3, -0.25) is 9.36 Å². The molecule has 4 nitrogen and oxygen atoms in total. The standard InChI is InChI=1S/C24H16Cl2F3N3O/c25-20-10-4-6-16(22(20)26)12-31-23(33)21-13-30-14-32(21)17-7-3-5-15(11-17)18-8-1-2-9-19(18)24(27,28)29/h1-11,13-14H,12H2,(H,31,33). The van der Waals surface area contributed by atoms with E-state index in [1.807, 2.05) is 0 Å². The van der Waals surface area contributed by atoms with Crippen LogP contribution in [0.15, 0.2) is 79.3 Å². The molecule has 3 aromatic carbocycles. The lowest BCUT2D eigenvalue weighted by molar-refractivity contribution is -0.137. The number of benzene rings is 3. The average Bonchev–Trinajstić information content (AvgIpc) is 3.30. The maximum Gasteiger partial charge on any atom is 0.417 e. The maximum absolute atomic E-state index is 13.5. The lowest BCUT2D eigenvalue weighted by atomic mass is 9.99. The molecule has 0 unspecified atom stereocenters. The zero-order chi connectivity index (χ0) is 23.6. The van der Waals surface area contributed by atoms with Gasteiger partial charge in [0.15, 0.2) is 0 Å². The Morgan fingerprint density at radius 1 is 1.00 bits per heavy atom. The van der Waals surface area contributed by atoms with Crippen LogP contribution >= 0.6 is 23.2 Å². The van der Waals surface area contributed by atoms with Crippen molar-refractivity contribution in [2.75, 3.05) is 0 Å². The second-order valence-electron chi connectivity index (χ2n) is 7.14. The lowest BCUT2D eigenvalue weighted by Gasteiger charge is -2.14. The molecule has 1 aromatic heterocycles. The van der Waals surface area contributed by atoms with Crippen molar-refractivity contribution in [1.82, 2.24) is 14.9 Å². The van der Waals surface area contributed by atoms with Crippen LogP contribution in [0.25, 0.3) is 16.8 Å². The van der Waals surface area contributed by atoms with Crippen LogP contribution in [0.3, 0.4) is 0 Å². The first-order chi connectivity index (χ1) is 15.8. The van der Waals surface area contributed by atoms with E-state index >= 15 is 0 Å². The predicted molar refractivity (Wildman–Crippen MR) is 122 cm³/mol. The van der Waals surface area contributed by atoms with Gasteiger partial charge in [-0.2, -0.15) is 13.2 Å². The van der Waals surface area contributed by atoms with Gasteiger partial charge in [0, 0.05) is 12.2 Å². The van der Waals surface area contributed by atoms with Gasteiger partial charge >= 0.3 is 6.18 Å². The molecule has 0 saturated heterocycles. The summed E-state index contributed by atoms with van der Waals surface area (Å²) in [7, 11) is 0. The second-order valence-corrected chi connectivity index (χ2v) is 7.92. The Morgan fingerprint density at radius 2 is 1.76 bits per heavy atom. The Labute approximate surface area is 197 Å². The van der Waals surface area contributed by atoms with Crippen LogP contribution < -0.4 is 5.32 Å². The summed E-state index contributed by atoms with van der Waals surface area (Å²) in [6.07, 6.45) is -1.68. The molecule has 1 amide bonds. The Balaban J connectivity index is 1.62. The first-order valence-electron chi connectivity index (χ1n) is 9.76. The van der Waals surface area contributed by atoms with Crippen LogP contribution in [-0.4, -0.2) is 15.5 Å². The highest BCUT2D eigenvalue weighted by molar-refractivity contribution is 6.42. The molecule has 0 aliphatic carbocycles. The van der Waals surface area contributed by atoms with Crippen molar-refractivity contribution < 1.29 is 18.0 Å². The molecule has 0 aliphatic heterocycles. The summed E-state index contributed by atoms with van der Waals surface area (Å²) >= 11 is 12.2. The minimum Gasteiger partial charge on any atom is -0.347 e. The zero-order valence-electron chi connectivity index (χ0n) is 16.9. The summed E-state index contributed by atoms with van der Waals surface area (Å²) in [5, 5.41) is 3.49. The molecule has 0 spiro atoms. The van der Waals surface area contributed by atoms with E-state index in [1.54, 1.807) is 48.5 Å². The number of nitrogens with one attached hydrogen (secondary N) is 1. The van der Waals surface area contributed by atoms with Crippen molar-refractivity contribution in [1.29, 1.82) is 0 Å². The third-order valence-corrected chi connectivity index (χ3v) is 5.87. The molecular weight excluding hydrogens is 474 g/mol. The van der Waals surface area contributed by atoms with E-state index in [-0.39, 0.29) is 17.8 Å². The van der Waals surface area contributed by atoms with E-state index in [2.05, 4.69) is 10.3 Å². The van der Waals surface area contributed by atoms with E-state index < -0.39 is 17.6 Å². The van der Waals surface area contributed by atoms with Crippen LogP contribution in [0.5, 0.6) is 0 Å². The lowest BCUT2D eigenvalue weighted by Crippen LogP contribution is -2.25. The SMILES string of the molecule is O=C(NCc1cccc(Cl)c1Cl)c1cncn1-c1cccc(-c2ccccc2C(F)(F)F)c1. The van der Waals surface area contributed by atoms with Gasteiger partial charge < -0.3 is 5.32 Å². The van der Waals surface area contributed by atoms with E-state index in [1.165, 1.54) is 29.2 Å². The van der Waals surface area contributed by atoms with Gasteiger partial charge in [0.05, 0.1) is 28.1 Å². The smallest absolute Gasteiger partial charge is 0.347 e. The molecule has 9 heteroatoms. The molecule has 0 radical (unpaired) electrons. The summed E-state index contributed by atoms with van der Waals surface area (Å²) in [5.41, 5.74) is 1.04. The Kier molecular flexibility index (Phi) is 6.44. The maximum atomic E-state index is 13.5. The molecule has 33 heavy (non-hydrogen) atoms. The molecule has 4 rings (SSSR count). The summed E-state index contributed by atoms with van der Waals surface area (Å²) < 4.78 is 41.9. The first kappa shape index (κ1) is 22.9. The molecule has 4 aromatic rings. The molecular formula is C24H16Cl2F3N3O. The fraction of sp³-hybridized carbons (Fsp3) is 0.0833. The summed E-state index contributed by atoms with van der Waals surface area (Å²) in [4.78, 5) is 16.9. The highest BCUT2D eigenvalue weighted by Gasteiger charge is 2.33. The molecule has 1 N–H and O–H groups in total. The van der Waals surface area contributed by atoms with Gasteiger partial charge in [-0.1, -0.05) is 65.7 Å². The van der Waals surface area contributed by atoms with Crippen LogP contribution in [0.1, 0.15) is 21.6 Å². The number of imidazole rings is 1. The molecule has 0 atom stereocenters. The number of hydrogen-bond acceptors (Lipinski definition) is 2. The predicted octanol–water partition coefficient (Wildman–Crippen LogP) is 6.79. The van der Waals surface area contributed by atoms with Crippen molar-refractivity contribution in [2.24, 2.45) is 0 Å². The number of rotatable bonds is 5. The van der Waals surface area contributed by atoms with Crippen molar-refractivity contribution in [3.63, 3.8) is 0 Å². The molecule has 0 saturated carbocycles. The molecule has 0 aliphatic rings. The van der Waals surface area contributed by atoms with Gasteiger partial charge in [-0.15, -0.1) is 0 Å². The quantitative estimate of drug-likeness (QED) is 0.335. The van der Waals surface area contributed by atoms with E-state index in [0.717, 1.165) is 6.07 Å². The average molecular weight is 490 g/mol. The normalized spacial score (nSPS) is 11.4. The Bertz CT molecular complexity index is 1320. The van der Waals surface area contributed by atoms with E-state index in [0.29, 0.717) is 26.9 Å². The van der Waals surface area contributed by atoms with E-state index in [9.17, 15) is 18.0 Å². The molecule has 168 valence electrons. The fourth-order valence-electron chi connectivity index (χ4n) is 3.43. The third-order valence-electron chi connectivity index (χ3n) is 5.01. The number of carbonyl (C=O) groups excluding carboxylic acids is 1. The summed E-state index contributed by atoms with van der Waals surface area (Å²) in [6, 6.07) is 17.0. The number of alkyl halides is 3. The minimum absolute atomic E-state index is 0.0496. The van der Waals surface area contributed by atoms with Gasteiger partial charge in [-0.05, 0) is 41.0 Å². The van der Waals surface area contributed by atoms with Crippen molar-refractivity contribution in [3.05, 3.63) is 106 Å².